The Kier molecular flexibility index (Phi) is 7.07. The van der Waals surface area contributed by atoms with Crippen LogP contribution in [0.25, 0.3) is 22.0 Å². The van der Waals surface area contributed by atoms with Crippen LogP contribution in [0.4, 0.5) is 13.2 Å². The average Bonchev–Trinajstić information content (AvgIpc) is 3.26. The van der Waals surface area contributed by atoms with E-state index in [4.69, 9.17) is 4.74 Å². The van der Waals surface area contributed by atoms with E-state index < -0.39 is 26.4 Å². The van der Waals surface area contributed by atoms with Gasteiger partial charge in [0.25, 0.3) is 0 Å². The quantitative estimate of drug-likeness (QED) is 0.298. The summed E-state index contributed by atoms with van der Waals surface area (Å²) in [5, 5.41) is 14.7. The number of aliphatic hydroxyl groups is 1. The van der Waals surface area contributed by atoms with E-state index in [-0.39, 0.29) is 6.73 Å². The van der Waals surface area contributed by atoms with Crippen LogP contribution in [0.5, 0.6) is 0 Å². The fourth-order valence-corrected chi connectivity index (χ4v) is 3.89. The van der Waals surface area contributed by atoms with Crippen LogP contribution < -0.4 is 0 Å². The molecule has 6 nitrogen and oxygen atoms in total. The number of hydrogen-bond donors (Lipinski definition) is 1. The molecule has 0 amide bonds. The van der Waals surface area contributed by atoms with Crippen molar-refractivity contribution in [1.82, 2.24) is 19.3 Å². The van der Waals surface area contributed by atoms with Crippen LogP contribution in [0.1, 0.15) is 19.5 Å². The van der Waals surface area contributed by atoms with E-state index >= 15 is 0 Å². The van der Waals surface area contributed by atoms with Gasteiger partial charge in [-0.3, -0.25) is 0 Å². The van der Waals surface area contributed by atoms with Gasteiger partial charge in [0.1, 0.15) is 24.6 Å². The topological polar surface area (TPSA) is 65.1 Å². The van der Waals surface area contributed by atoms with E-state index in [0.29, 0.717) is 34.3 Å². The van der Waals surface area contributed by atoms with Gasteiger partial charge in [-0.2, -0.15) is 18.3 Å². The second kappa shape index (κ2) is 9.33. The van der Waals surface area contributed by atoms with E-state index in [0.717, 1.165) is 10.6 Å². The van der Waals surface area contributed by atoms with Gasteiger partial charge in [0, 0.05) is 43.6 Å². The molecular weight excluding hydrogens is 449 g/mol. The number of nitrogens with zero attached hydrogens (tertiary/aromatic N) is 4. The van der Waals surface area contributed by atoms with Crippen molar-refractivity contribution in [1.29, 1.82) is 0 Å². The molecule has 0 spiro atoms. The van der Waals surface area contributed by atoms with E-state index in [9.17, 15) is 18.3 Å². The smallest absolute Gasteiger partial charge is 0.378 e. The zero-order valence-electron chi connectivity index (χ0n) is 19.5. The molecular formula is C23H29F3N4O2Si. The van der Waals surface area contributed by atoms with Gasteiger partial charge in [-0.1, -0.05) is 25.6 Å². The number of hydrogen-bond acceptors (Lipinski definition) is 4. The summed E-state index contributed by atoms with van der Waals surface area (Å²) in [6, 6.07) is 2.67. The summed E-state index contributed by atoms with van der Waals surface area (Å²) >= 11 is 0. The Morgan fingerprint density at radius 2 is 1.88 bits per heavy atom. The molecule has 0 saturated carbocycles. The molecule has 0 saturated heterocycles. The zero-order valence-corrected chi connectivity index (χ0v) is 20.5. The minimum absolute atomic E-state index is 0.273. The molecule has 0 bridgehead atoms. The first kappa shape index (κ1) is 25.0. The van der Waals surface area contributed by atoms with Crippen LogP contribution in [0, 0.1) is 11.8 Å². The molecule has 10 heteroatoms. The van der Waals surface area contributed by atoms with Crippen LogP contribution >= 0.6 is 0 Å². The number of ether oxygens (including phenoxy) is 1. The highest BCUT2D eigenvalue weighted by Gasteiger charge is 2.29. The van der Waals surface area contributed by atoms with Crippen molar-refractivity contribution in [2.75, 3.05) is 6.61 Å². The summed E-state index contributed by atoms with van der Waals surface area (Å²) in [5.41, 5.74) is 0.754. The number of halogens is 3. The third-order valence-electron chi connectivity index (χ3n) is 4.78. The maximum atomic E-state index is 13.2. The highest BCUT2D eigenvalue weighted by molar-refractivity contribution is 6.76. The summed E-state index contributed by atoms with van der Waals surface area (Å²) < 4.78 is 47.9. The predicted octanol–water partition coefficient (Wildman–Crippen LogP) is 4.90. The number of fused-ring (bicyclic) bond motifs is 1. The molecule has 0 aliphatic heterocycles. The van der Waals surface area contributed by atoms with E-state index in [2.05, 4.69) is 41.6 Å². The summed E-state index contributed by atoms with van der Waals surface area (Å²) in [5.74, 6) is 5.46. The Labute approximate surface area is 192 Å². The van der Waals surface area contributed by atoms with Crippen LogP contribution in [-0.2, 0) is 18.0 Å². The lowest BCUT2D eigenvalue weighted by atomic mass is 10.1. The normalized spacial score (nSPS) is 12.8. The molecule has 0 aliphatic rings. The van der Waals surface area contributed by atoms with E-state index in [1.54, 1.807) is 37.0 Å². The first-order valence-electron chi connectivity index (χ1n) is 10.6. The van der Waals surface area contributed by atoms with Crippen molar-refractivity contribution < 1.29 is 23.0 Å². The Morgan fingerprint density at radius 1 is 1.15 bits per heavy atom. The third-order valence-corrected chi connectivity index (χ3v) is 6.48. The lowest BCUT2D eigenvalue weighted by molar-refractivity contribution is -0.139. The Bertz CT molecular complexity index is 1170. The Balaban J connectivity index is 1.93. The lowest BCUT2D eigenvalue weighted by Gasteiger charge is -2.15. The van der Waals surface area contributed by atoms with Gasteiger partial charge >= 0.3 is 6.18 Å². The molecule has 178 valence electrons. The van der Waals surface area contributed by atoms with Gasteiger partial charge in [-0.15, -0.1) is 0 Å². The van der Waals surface area contributed by atoms with Gasteiger partial charge in [-0.05, 0) is 31.9 Å². The zero-order chi connectivity index (χ0) is 24.4. The molecule has 3 aromatic heterocycles. The van der Waals surface area contributed by atoms with Gasteiger partial charge in [0.05, 0.1) is 17.9 Å². The van der Waals surface area contributed by atoms with Crippen molar-refractivity contribution in [2.45, 2.75) is 64.6 Å². The monoisotopic (exact) mass is 478 g/mol. The molecule has 0 aliphatic carbocycles. The second-order valence-corrected chi connectivity index (χ2v) is 15.4. The van der Waals surface area contributed by atoms with Crippen molar-refractivity contribution in [2.24, 2.45) is 0 Å². The first-order chi connectivity index (χ1) is 15.2. The highest BCUT2D eigenvalue weighted by atomic mass is 28.3. The van der Waals surface area contributed by atoms with Gasteiger partial charge in [0.2, 0.25) is 0 Å². The molecule has 0 unspecified atom stereocenters. The molecule has 33 heavy (non-hydrogen) atoms. The first-order valence-corrected chi connectivity index (χ1v) is 14.3. The molecule has 0 atom stereocenters. The molecule has 3 aromatic rings. The number of alkyl halides is 3. The standard InChI is InChI=1S/C23H29F3N4O2Si/c1-22(2,31)7-6-18-10-19-20(14-29(15-23(24,25)26)21(19)12-27-18)17-11-28-30(13-17)16-32-8-9-33(3,4)5/h10-14,31H,8-9,15-16H2,1-5H3. The third kappa shape index (κ3) is 7.45. The van der Waals surface area contributed by atoms with Crippen LogP contribution in [0.2, 0.25) is 25.7 Å². The van der Waals surface area contributed by atoms with E-state index in [1.807, 2.05) is 0 Å². The van der Waals surface area contributed by atoms with Crippen molar-refractivity contribution in [3.05, 3.63) is 36.5 Å². The van der Waals surface area contributed by atoms with Crippen molar-refractivity contribution in [3.63, 3.8) is 0 Å². The summed E-state index contributed by atoms with van der Waals surface area (Å²) in [6.07, 6.45) is 1.82. The van der Waals surface area contributed by atoms with E-state index in [1.165, 1.54) is 12.4 Å². The summed E-state index contributed by atoms with van der Waals surface area (Å²) in [6.45, 7) is 9.69. The van der Waals surface area contributed by atoms with Gasteiger partial charge in [-0.25, -0.2) is 9.67 Å². The average molecular weight is 479 g/mol. The minimum atomic E-state index is -4.38. The summed E-state index contributed by atoms with van der Waals surface area (Å²) in [7, 11) is -1.20. The Morgan fingerprint density at radius 3 is 2.52 bits per heavy atom. The Hall–Kier alpha value is -2.61. The lowest BCUT2D eigenvalue weighted by Crippen LogP contribution is -2.22. The van der Waals surface area contributed by atoms with Crippen LogP contribution in [0.3, 0.4) is 0 Å². The number of rotatable bonds is 7. The van der Waals surface area contributed by atoms with Crippen molar-refractivity contribution in [3.8, 4) is 23.0 Å². The molecule has 0 fully saturated rings. The molecule has 3 heterocycles. The molecule has 1 N–H and O–H groups in total. The molecule has 0 radical (unpaired) electrons. The molecule has 0 aromatic carbocycles. The SMILES string of the molecule is CC(C)(O)C#Cc1cc2c(-c3cnn(COCC[Si](C)(C)C)c3)cn(CC(F)(F)F)c2cn1. The largest absolute Gasteiger partial charge is 0.406 e. The van der Waals surface area contributed by atoms with Crippen LogP contribution in [0.15, 0.2) is 30.9 Å². The fraction of sp³-hybridized carbons (Fsp3) is 0.478. The van der Waals surface area contributed by atoms with Gasteiger partial charge in [0.15, 0.2) is 0 Å². The second-order valence-electron chi connectivity index (χ2n) is 9.80. The predicted molar refractivity (Wildman–Crippen MR) is 124 cm³/mol. The maximum absolute atomic E-state index is 13.2. The number of pyridine rings is 1. The maximum Gasteiger partial charge on any atom is 0.406 e. The molecule has 3 rings (SSSR count). The van der Waals surface area contributed by atoms with Gasteiger partial charge < -0.3 is 14.4 Å². The van der Waals surface area contributed by atoms with Crippen LogP contribution in [-0.4, -0.2) is 50.9 Å². The van der Waals surface area contributed by atoms with Crippen molar-refractivity contribution >= 4 is 19.0 Å². The summed E-state index contributed by atoms with van der Waals surface area (Å²) in [4.78, 5) is 4.17. The fourth-order valence-electron chi connectivity index (χ4n) is 3.14. The highest BCUT2D eigenvalue weighted by Crippen LogP contribution is 2.32. The number of aromatic nitrogens is 4. The minimum Gasteiger partial charge on any atom is -0.378 e.